The molecule has 2 aromatic rings. The van der Waals surface area contributed by atoms with Crippen molar-refractivity contribution < 1.29 is 19.8 Å². The van der Waals surface area contributed by atoms with E-state index in [2.05, 4.69) is 24.5 Å². The Kier molecular flexibility index (Phi) is 5.55. The van der Waals surface area contributed by atoms with Crippen LogP contribution in [-0.2, 0) is 11.4 Å². The number of hydroxylamine groups is 1. The smallest absolute Gasteiger partial charge is 0.160 e. The van der Waals surface area contributed by atoms with Crippen molar-refractivity contribution in [2.45, 2.75) is 51.2 Å². The first-order chi connectivity index (χ1) is 15.9. The molecule has 2 saturated carbocycles. The van der Waals surface area contributed by atoms with Crippen molar-refractivity contribution in [1.29, 1.82) is 5.26 Å². The molecule has 0 aliphatic heterocycles. The lowest BCUT2D eigenvalue weighted by Crippen LogP contribution is -2.43. The fourth-order valence-electron chi connectivity index (χ4n) is 6.29. The number of nitrogens with one attached hydrogen (secondary N) is 1. The summed E-state index contributed by atoms with van der Waals surface area (Å²) >= 11 is 0. The number of benzene rings is 2. The monoisotopic (exact) mass is 446 g/mol. The van der Waals surface area contributed by atoms with Crippen molar-refractivity contribution >= 4 is 5.70 Å². The van der Waals surface area contributed by atoms with Gasteiger partial charge in [0.25, 0.3) is 0 Å². The molecule has 0 saturated heterocycles. The van der Waals surface area contributed by atoms with E-state index in [1.54, 1.807) is 25.3 Å². The molecule has 0 spiro atoms. The second-order valence-corrected chi connectivity index (χ2v) is 9.82. The van der Waals surface area contributed by atoms with Crippen LogP contribution in [0, 0.1) is 28.6 Å². The number of rotatable bonds is 5. The Balaban J connectivity index is 1.45. The summed E-state index contributed by atoms with van der Waals surface area (Å²) in [6.45, 7) is 2.58. The third kappa shape index (κ3) is 3.66. The van der Waals surface area contributed by atoms with Crippen LogP contribution in [0.4, 0.5) is 0 Å². The molecule has 5 rings (SSSR count). The Morgan fingerprint density at radius 2 is 1.97 bits per heavy atom. The summed E-state index contributed by atoms with van der Waals surface area (Å²) in [5.74, 6) is 1.58. The molecule has 0 bridgehead atoms. The van der Waals surface area contributed by atoms with Crippen LogP contribution in [0.2, 0.25) is 0 Å². The summed E-state index contributed by atoms with van der Waals surface area (Å²) < 4.78 is 5.42. The molecule has 172 valence electrons. The van der Waals surface area contributed by atoms with Crippen LogP contribution in [-0.4, -0.2) is 23.4 Å². The van der Waals surface area contributed by atoms with Gasteiger partial charge >= 0.3 is 0 Å². The molecule has 5 atom stereocenters. The normalized spacial score (nSPS) is 29.8. The fourth-order valence-corrected chi connectivity index (χ4v) is 6.29. The quantitative estimate of drug-likeness (QED) is 0.580. The summed E-state index contributed by atoms with van der Waals surface area (Å²) in [6.07, 6.45) is 5.84. The lowest BCUT2D eigenvalue weighted by Gasteiger charge is -2.49. The molecule has 0 amide bonds. The number of fused-ring (bicyclic) bond motifs is 5. The fraction of sp³-hybridized carbons (Fsp3) is 0.444. The summed E-state index contributed by atoms with van der Waals surface area (Å²) in [6, 6.07) is 13.1. The molecule has 3 aliphatic carbocycles. The van der Waals surface area contributed by atoms with Gasteiger partial charge in [0.15, 0.2) is 11.5 Å². The van der Waals surface area contributed by atoms with Gasteiger partial charge < -0.3 is 14.9 Å². The van der Waals surface area contributed by atoms with Crippen LogP contribution in [0.5, 0.6) is 11.5 Å². The SMILES string of the molecule is COc1cc2c(cc1O)C(NOCc1ccc(C#N)cc1)=C[C@@H]1[C@@H]2CC[C@]2(C)[C@@H](O)CC[C@@H]12. The van der Waals surface area contributed by atoms with E-state index in [1.165, 1.54) is 0 Å². The molecule has 6 nitrogen and oxygen atoms in total. The van der Waals surface area contributed by atoms with Crippen LogP contribution in [0.25, 0.3) is 5.70 Å². The molecule has 2 aromatic carbocycles. The minimum atomic E-state index is -0.253. The van der Waals surface area contributed by atoms with Crippen molar-refractivity contribution in [1.82, 2.24) is 5.48 Å². The number of methoxy groups -OCH3 is 1. The van der Waals surface area contributed by atoms with Crippen LogP contribution in [0.15, 0.2) is 42.5 Å². The average Bonchev–Trinajstić information content (AvgIpc) is 3.13. The topological polar surface area (TPSA) is 94.7 Å². The summed E-state index contributed by atoms with van der Waals surface area (Å²) in [4.78, 5) is 5.86. The van der Waals surface area contributed by atoms with Gasteiger partial charge in [-0.05, 0) is 84.2 Å². The Labute approximate surface area is 194 Å². The highest BCUT2D eigenvalue weighted by molar-refractivity contribution is 5.72. The van der Waals surface area contributed by atoms with Crippen molar-refractivity contribution in [3.05, 3.63) is 64.7 Å². The van der Waals surface area contributed by atoms with Gasteiger partial charge in [-0.1, -0.05) is 25.1 Å². The van der Waals surface area contributed by atoms with E-state index in [4.69, 9.17) is 14.8 Å². The molecule has 2 fully saturated rings. The van der Waals surface area contributed by atoms with E-state index < -0.39 is 0 Å². The second-order valence-electron chi connectivity index (χ2n) is 9.82. The predicted octanol–water partition coefficient (Wildman–Crippen LogP) is 4.62. The maximum atomic E-state index is 10.7. The van der Waals surface area contributed by atoms with Crippen LogP contribution >= 0.6 is 0 Å². The van der Waals surface area contributed by atoms with Crippen molar-refractivity contribution in [2.24, 2.45) is 17.3 Å². The van der Waals surface area contributed by atoms with E-state index in [1.807, 2.05) is 18.2 Å². The first kappa shape index (κ1) is 21.8. The lowest BCUT2D eigenvalue weighted by atomic mass is 9.56. The number of nitrogens with zero attached hydrogens (tertiary/aromatic N) is 1. The molecule has 33 heavy (non-hydrogen) atoms. The van der Waals surface area contributed by atoms with Crippen LogP contribution in [0.3, 0.4) is 0 Å². The number of aromatic hydroxyl groups is 1. The molecule has 6 heteroatoms. The van der Waals surface area contributed by atoms with Crippen molar-refractivity contribution in [3.63, 3.8) is 0 Å². The number of nitriles is 1. The number of allylic oxidation sites excluding steroid dienone is 1. The number of hydrogen-bond donors (Lipinski definition) is 3. The molecular formula is C27H30N2O4. The van der Waals surface area contributed by atoms with E-state index in [-0.39, 0.29) is 23.2 Å². The van der Waals surface area contributed by atoms with Crippen LogP contribution < -0.4 is 10.2 Å². The van der Waals surface area contributed by atoms with E-state index in [9.17, 15) is 10.2 Å². The maximum Gasteiger partial charge on any atom is 0.160 e. The van der Waals surface area contributed by atoms with Gasteiger partial charge in [0.1, 0.15) is 0 Å². The number of phenolic OH excluding ortho intramolecular Hbond substituents is 1. The van der Waals surface area contributed by atoms with Gasteiger partial charge in [-0.3, -0.25) is 10.3 Å². The van der Waals surface area contributed by atoms with Crippen molar-refractivity contribution in [2.75, 3.05) is 7.11 Å². The Bertz CT molecular complexity index is 1120. The highest BCUT2D eigenvalue weighted by Crippen LogP contribution is 2.61. The van der Waals surface area contributed by atoms with Crippen LogP contribution in [0.1, 0.15) is 60.8 Å². The van der Waals surface area contributed by atoms with E-state index in [0.29, 0.717) is 29.8 Å². The van der Waals surface area contributed by atoms with Gasteiger partial charge in [0.05, 0.1) is 37.2 Å². The first-order valence-corrected chi connectivity index (χ1v) is 11.6. The molecule has 0 radical (unpaired) electrons. The maximum absolute atomic E-state index is 10.7. The first-order valence-electron chi connectivity index (χ1n) is 11.6. The molecule has 0 aromatic heterocycles. The van der Waals surface area contributed by atoms with Gasteiger partial charge in [-0.15, -0.1) is 0 Å². The zero-order valence-electron chi connectivity index (χ0n) is 19.0. The zero-order chi connectivity index (χ0) is 23.2. The minimum absolute atomic E-state index is 0.0649. The summed E-state index contributed by atoms with van der Waals surface area (Å²) in [5.41, 5.74) is 7.57. The highest BCUT2D eigenvalue weighted by atomic mass is 16.6. The molecule has 3 N–H and O–H groups in total. The Morgan fingerprint density at radius 3 is 2.70 bits per heavy atom. The second kappa shape index (κ2) is 8.40. The van der Waals surface area contributed by atoms with Gasteiger partial charge in [-0.2, -0.15) is 5.26 Å². The number of phenols is 1. The number of aliphatic hydroxyl groups is 1. The number of ether oxygens (including phenoxy) is 1. The van der Waals surface area contributed by atoms with Gasteiger partial charge in [-0.25, -0.2) is 0 Å². The summed E-state index contributed by atoms with van der Waals surface area (Å²) in [7, 11) is 1.57. The largest absolute Gasteiger partial charge is 0.504 e. The van der Waals surface area contributed by atoms with E-state index >= 15 is 0 Å². The third-order valence-corrected chi connectivity index (χ3v) is 8.19. The van der Waals surface area contributed by atoms with E-state index in [0.717, 1.165) is 48.1 Å². The molecule has 0 unspecified atom stereocenters. The van der Waals surface area contributed by atoms with Crippen molar-refractivity contribution in [3.8, 4) is 17.6 Å². The lowest BCUT2D eigenvalue weighted by molar-refractivity contribution is -0.00877. The highest BCUT2D eigenvalue weighted by Gasteiger charge is 2.54. The average molecular weight is 447 g/mol. The molecule has 3 aliphatic rings. The molecular weight excluding hydrogens is 416 g/mol. The Hall–Kier alpha value is -3.01. The van der Waals surface area contributed by atoms with Gasteiger partial charge in [0.2, 0.25) is 0 Å². The minimum Gasteiger partial charge on any atom is -0.504 e. The standard InChI is InChI=1S/C27H30N2O4/c1-27-10-9-18-19-13-25(32-2)24(30)12-21(19)23(11-20(18)22(27)7-8-26(27)31)29-33-15-17-5-3-16(14-28)4-6-17/h3-6,11-13,18,20,22,26,29-31H,7-10,15H2,1-2H3/t18-,20-,22+,26+,27+/m1/s1. The summed E-state index contributed by atoms with van der Waals surface area (Å²) in [5, 5.41) is 30.2. The number of aliphatic hydroxyl groups excluding tert-OH is 1. The predicted molar refractivity (Wildman–Crippen MR) is 124 cm³/mol. The molecule has 0 heterocycles. The van der Waals surface area contributed by atoms with Gasteiger partial charge in [0, 0.05) is 5.56 Å². The number of hydrogen-bond acceptors (Lipinski definition) is 6. The third-order valence-electron chi connectivity index (χ3n) is 8.19. The zero-order valence-corrected chi connectivity index (χ0v) is 19.0. The Morgan fingerprint density at radius 1 is 1.18 bits per heavy atom.